The Balaban J connectivity index is 1.83. The van der Waals surface area contributed by atoms with Crippen LogP contribution in [0.2, 0.25) is 0 Å². The van der Waals surface area contributed by atoms with E-state index in [1.165, 1.54) is 28.4 Å². The van der Waals surface area contributed by atoms with Crippen LogP contribution >= 0.6 is 11.3 Å². The van der Waals surface area contributed by atoms with Gasteiger partial charge in [0.1, 0.15) is 16.4 Å². The monoisotopic (exact) mass is 511 g/mol. The highest BCUT2D eigenvalue weighted by atomic mass is 32.1. The first kappa shape index (κ1) is 27.5. The summed E-state index contributed by atoms with van der Waals surface area (Å²) < 4.78 is 19.8. The summed E-state index contributed by atoms with van der Waals surface area (Å²) >= 11 is 1.31. The van der Waals surface area contributed by atoms with Crippen LogP contribution in [0, 0.1) is 19.7 Å². The molecule has 0 radical (unpaired) electrons. The molecular weight excluding hydrogens is 477 g/mol. The van der Waals surface area contributed by atoms with Gasteiger partial charge >= 0.3 is 5.97 Å². The van der Waals surface area contributed by atoms with Crippen LogP contribution in [0.5, 0.6) is 0 Å². The maximum atomic E-state index is 14.3. The molecule has 1 aromatic heterocycles. The third-order valence-corrected chi connectivity index (χ3v) is 6.67. The Morgan fingerprint density at radius 3 is 2.36 bits per heavy atom. The first-order chi connectivity index (χ1) is 17.0. The van der Waals surface area contributed by atoms with Gasteiger partial charge in [0, 0.05) is 18.5 Å². The van der Waals surface area contributed by atoms with Crippen molar-refractivity contribution >= 4 is 28.3 Å². The molecule has 8 heteroatoms. The van der Waals surface area contributed by atoms with Crippen molar-refractivity contribution in [1.82, 2.24) is 10.2 Å². The molecule has 1 heterocycles. The van der Waals surface area contributed by atoms with E-state index in [2.05, 4.69) is 10.2 Å². The van der Waals surface area contributed by atoms with Crippen LogP contribution in [0.25, 0.3) is 10.6 Å². The van der Waals surface area contributed by atoms with Gasteiger partial charge in [-0.05, 0) is 88.4 Å². The highest BCUT2D eigenvalue weighted by Gasteiger charge is 2.24. The fraction of sp³-hybridized carbons (Fsp3) is 0.429. The second kappa shape index (κ2) is 11.7. The minimum atomic E-state index is -0.554. The molecule has 36 heavy (non-hydrogen) atoms. The Labute approximate surface area is 216 Å². The number of amides is 1. The van der Waals surface area contributed by atoms with Crippen molar-refractivity contribution in [2.75, 3.05) is 11.4 Å². The predicted molar refractivity (Wildman–Crippen MR) is 142 cm³/mol. The molecule has 0 bridgehead atoms. The highest BCUT2D eigenvalue weighted by Crippen LogP contribution is 2.32. The van der Waals surface area contributed by atoms with Gasteiger partial charge in [0.05, 0.1) is 5.56 Å². The van der Waals surface area contributed by atoms with Crippen LogP contribution < -0.4 is 4.90 Å². The number of aromatic nitrogens is 2. The van der Waals surface area contributed by atoms with Gasteiger partial charge in [-0.15, -0.1) is 10.2 Å². The van der Waals surface area contributed by atoms with Crippen molar-refractivity contribution in [3.05, 3.63) is 64.5 Å². The molecule has 0 aliphatic rings. The molecule has 0 N–H and O–H groups in total. The molecule has 0 aliphatic carbocycles. The van der Waals surface area contributed by atoms with Crippen molar-refractivity contribution in [1.29, 1.82) is 0 Å². The fourth-order valence-corrected chi connectivity index (χ4v) is 4.81. The molecule has 0 fully saturated rings. The fourth-order valence-electron chi connectivity index (χ4n) is 3.95. The number of carbonyl (C=O) groups excluding carboxylic acids is 2. The lowest BCUT2D eigenvalue weighted by Gasteiger charge is -2.20. The average Bonchev–Trinajstić information content (AvgIpc) is 3.27. The molecule has 192 valence electrons. The van der Waals surface area contributed by atoms with E-state index in [0.29, 0.717) is 29.5 Å². The lowest BCUT2D eigenvalue weighted by atomic mass is 9.96. The lowest BCUT2D eigenvalue weighted by Crippen LogP contribution is -2.32. The Morgan fingerprint density at radius 2 is 1.75 bits per heavy atom. The maximum Gasteiger partial charge on any atom is 0.306 e. The Bertz CT molecular complexity index is 1210. The number of hydrogen-bond donors (Lipinski definition) is 0. The summed E-state index contributed by atoms with van der Waals surface area (Å²) in [6.07, 6.45) is 2.55. The molecule has 0 aliphatic heterocycles. The van der Waals surface area contributed by atoms with Crippen molar-refractivity contribution < 1.29 is 18.7 Å². The van der Waals surface area contributed by atoms with Crippen LogP contribution in [-0.4, -0.2) is 34.2 Å². The number of aryl methyl sites for hydroxylation is 2. The summed E-state index contributed by atoms with van der Waals surface area (Å²) in [5.41, 5.74) is 3.62. The number of nitrogens with zero attached hydrogens (tertiary/aromatic N) is 3. The Kier molecular flexibility index (Phi) is 8.95. The number of benzene rings is 2. The number of ether oxygens (including phenoxy) is 1. The minimum Gasteiger partial charge on any atom is -0.460 e. The van der Waals surface area contributed by atoms with E-state index in [-0.39, 0.29) is 11.5 Å². The molecule has 0 spiro atoms. The molecule has 0 atom stereocenters. The summed E-state index contributed by atoms with van der Waals surface area (Å²) in [5, 5.41) is 9.75. The van der Waals surface area contributed by atoms with E-state index in [4.69, 9.17) is 4.74 Å². The molecule has 2 aromatic carbocycles. The Morgan fingerprint density at radius 1 is 1.08 bits per heavy atom. The van der Waals surface area contributed by atoms with E-state index < -0.39 is 17.3 Å². The largest absolute Gasteiger partial charge is 0.460 e. The maximum absolute atomic E-state index is 14.3. The van der Waals surface area contributed by atoms with E-state index in [0.717, 1.165) is 35.1 Å². The van der Waals surface area contributed by atoms with Gasteiger partial charge in [-0.25, -0.2) is 4.39 Å². The number of hydrogen-bond acceptors (Lipinski definition) is 6. The standard InChI is InChI=1S/C28H34FN3O3S/c1-7-8-15-32(26(34)22-11-9-10-12-23(22)29)27-31-30-25(36-27)20-16-18(2)21(19(3)17-20)13-14-24(33)35-28(4,5)6/h9-12,16-17H,7-8,13-15H2,1-6H3. The molecule has 0 saturated heterocycles. The SMILES string of the molecule is CCCCN(C(=O)c1ccccc1F)c1nnc(-c2cc(C)c(CCC(=O)OC(C)(C)C)c(C)c2)s1. The third kappa shape index (κ3) is 6.97. The number of unbranched alkanes of at least 4 members (excludes halogenated alkanes) is 1. The summed E-state index contributed by atoms with van der Waals surface area (Å²) in [6.45, 7) is 12.1. The number of anilines is 1. The zero-order valence-electron chi connectivity index (χ0n) is 21.9. The van der Waals surface area contributed by atoms with Crippen molar-refractivity contribution in [3.8, 4) is 10.6 Å². The summed E-state index contributed by atoms with van der Waals surface area (Å²) in [5.74, 6) is -1.19. The number of halogens is 1. The first-order valence-electron chi connectivity index (χ1n) is 12.2. The van der Waals surface area contributed by atoms with Crippen LogP contribution in [0.4, 0.5) is 9.52 Å². The van der Waals surface area contributed by atoms with Gasteiger partial charge in [-0.2, -0.15) is 0 Å². The van der Waals surface area contributed by atoms with E-state index in [1.807, 2.05) is 53.7 Å². The lowest BCUT2D eigenvalue weighted by molar-refractivity contribution is -0.154. The van der Waals surface area contributed by atoms with Crippen LogP contribution in [-0.2, 0) is 16.0 Å². The zero-order chi connectivity index (χ0) is 26.5. The zero-order valence-corrected chi connectivity index (χ0v) is 22.7. The summed E-state index contributed by atoms with van der Waals surface area (Å²) in [6, 6.07) is 10.0. The third-order valence-electron chi connectivity index (χ3n) is 5.67. The second-order valence-corrected chi connectivity index (χ2v) is 10.8. The quantitative estimate of drug-likeness (QED) is 0.300. The van der Waals surface area contributed by atoms with E-state index >= 15 is 0 Å². The van der Waals surface area contributed by atoms with Gasteiger partial charge in [-0.3, -0.25) is 14.5 Å². The normalized spacial score (nSPS) is 11.4. The topological polar surface area (TPSA) is 72.4 Å². The van der Waals surface area contributed by atoms with Crippen molar-refractivity contribution in [2.45, 2.75) is 72.8 Å². The van der Waals surface area contributed by atoms with Crippen molar-refractivity contribution in [2.24, 2.45) is 0 Å². The van der Waals surface area contributed by atoms with Crippen LogP contribution in [0.15, 0.2) is 36.4 Å². The van der Waals surface area contributed by atoms with Gasteiger partial charge in [0.25, 0.3) is 5.91 Å². The minimum absolute atomic E-state index is 0.0198. The van der Waals surface area contributed by atoms with Gasteiger partial charge < -0.3 is 4.74 Å². The molecule has 3 aromatic rings. The van der Waals surface area contributed by atoms with Gasteiger partial charge in [0.2, 0.25) is 5.13 Å². The van der Waals surface area contributed by atoms with Crippen molar-refractivity contribution in [3.63, 3.8) is 0 Å². The number of esters is 1. The van der Waals surface area contributed by atoms with Crippen LogP contribution in [0.3, 0.4) is 0 Å². The molecule has 0 saturated carbocycles. The van der Waals surface area contributed by atoms with E-state index in [1.54, 1.807) is 12.1 Å². The predicted octanol–water partition coefficient (Wildman–Crippen LogP) is 6.68. The summed E-state index contributed by atoms with van der Waals surface area (Å²) in [7, 11) is 0. The molecule has 1 amide bonds. The van der Waals surface area contributed by atoms with Crippen LogP contribution in [0.1, 0.15) is 74.0 Å². The molecule has 6 nitrogen and oxygen atoms in total. The molecule has 3 rings (SSSR count). The average molecular weight is 512 g/mol. The smallest absolute Gasteiger partial charge is 0.306 e. The van der Waals surface area contributed by atoms with Gasteiger partial charge in [0.15, 0.2) is 0 Å². The molecule has 0 unspecified atom stereocenters. The first-order valence-corrected chi connectivity index (χ1v) is 13.0. The second-order valence-electron chi connectivity index (χ2n) is 9.86. The number of rotatable bonds is 9. The molecular formula is C28H34FN3O3S. The summed E-state index contributed by atoms with van der Waals surface area (Å²) in [4.78, 5) is 26.9. The highest BCUT2D eigenvalue weighted by molar-refractivity contribution is 7.18. The van der Waals surface area contributed by atoms with E-state index in [9.17, 15) is 14.0 Å². The number of carbonyl (C=O) groups is 2. The van der Waals surface area contributed by atoms with Gasteiger partial charge in [-0.1, -0.05) is 36.8 Å². The Hall–Kier alpha value is -3.13.